The minimum atomic E-state index is -3.77. The van der Waals surface area contributed by atoms with Gasteiger partial charge in [0.2, 0.25) is 10.0 Å². The number of nitro benzene ring substituents is 1. The van der Waals surface area contributed by atoms with Crippen molar-refractivity contribution in [1.29, 1.82) is 0 Å². The Morgan fingerprint density at radius 1 is 1.00 bits per heavy atom. The number of hydrogen-bond donors (Lipinski definition) is 0. The van der Waals surface area contributed by atoms with Crippen LogP contribution in [0.2, 0.25) is 5.02 Å². The van der Waals surface area contributed by atoms with E-state index in [0.717, 1.165) is 5.39 Å². The van der Waals surface area contributed by atoms with Crippen molar-refractivity contribution in [2.75, 3.05) is 26.2 Å². The molecule has 1 amide bonds. The van der Waals surface area contributed by atoms with E-state index in [-0.39, 0.29) is 42.5 Å². The third-order valence-electron chi connectivity index (χ3n) is 5.17. The van der Waals surface area contributed by atoms with Gasteiger partial charge in [0.15, 0.2) is 0 Å². The first-order valence-electron chi connectivity index (χ1n) is 9.65. The van der Waals surface area contributed by atoms with Crippen molar-refractivity contribution in [3.8, 4) is 5.75 Å². The van der Waals surface area contributed by atoms with Gasteiger partial charge in [-0.05, 0) is 35.7 Å². The van der Waals surface area contributed by atoms with Crippen molar-refractivity contribution in [3.05, 3.63) is 75.8 Å². The number of sulfonamides is 1. The third-order valence-corrected chi connectivity index (χ3v) is 7.36. The summed E-state index contributed by atoms with van der Waals surface area (Å²) in [6, 6.07) is 15.2. The van der Waals surface area contributed by atoms with Crippen LogP contribution in [0.4, 0.5) is 10.5 Å². The number of carbonyl (C=O) groups is 1. The minimum absolute atomic E-state index is 0.112. The Hall–Kier alpha value is -3.21. The molecule has 1 aliphatic heterocycles. The molecule has 0 spiro atoms. The van der Waals surface area contributed by atoms with E-state index in [2.05, 4.69) is 0 Å². The lowest BCUT2D eigenvalue weighted by molar-refractivity contribution is -0.384. The molecule has 32 heavy (non-hydrogen) atoms. The zero-order chi connectivity index (χ0) is 22.9. The molecule has 0 saturated carbocycles. The molecule has 4 rings (SSSR count). The normalized spacial score (nSPS) is 15.0. The summed E-state index contributed by atoms with van der Waals surface area (Å²) < 4.78 is 33.1. The molecule has 0 N–H and O–H groups in total. The maximum Gasteiger partial charge on any atom is 0.415 e. The average molecular weight is 476 g/mol. The zero-order valence-electron chi connectivity index (χ0n) is 16.7. The molecule has 9 nitrogen and oxygen atoms in total. The van der Waals surface area contributed by atoms with Crippen molar-refractivity contribution < 1.29 is 22.9 Å². The number of rotatable bonds is 4. The summed E-state index contributed by atoms with van der Waals surface area (Å²) in [5, 5.41) is 12.5. The van der Waals surface area contributed by atoms with Gasteiger partial charge in [-0.15, -0.1) is 0 Å². The number of nitro groups is 1. The van der Waals surface area contributed by atoms with Crippen LogP contribution in [0.25, 0.3) is 10.8 Å². The van der Waals surface area contributed by atoms with E-state index in [0.29, 0.717) is 10.4 Å². The number of piperazine rings is 1. The minimum Gasteiger partial charge on any atom is -0.410 e. The summed E-state index contributed by atoms with van der Waals surface area (Å²) in [7, 11) is -3.77. The highest BCUT2D eigenvalue weighted by Crippen LogP contribution is 2.28. The van der Waals surface area contributed by atoms with Crippen molar-refractivity contribution in [2.45, 2.75) is 4.90 Å². The highest BCUT2D eigenvalue weighted by atomic mass is 35.5. The van der Waals surface area contributed by atoms with Gasteiger partial charge >= 0.3 is 6.09 Å². The molecule has 0 atom stereocenters. The number of carbonyl (C=O) groups excluding carboxylic acids is 1. The lowest BCUT2D eigenvalue weighted by atomic mass is 10.1. The number of hydrogen-bond acceptors (Lipinski definition) is 6. The first kappa shape index (κ1) is 22.0. The Morgan fingerprint density at radius 3 is 2.34 bits per heavy atom. The molecule has 0 aliphatic carbocycles. The van der Waals surface area contributed by atoms with Gasteiger partial charge in [0.25, 0.3) is 5.69 Å². The van der Waals surface area contributed by atoms with Crippen LogP contribution in [0.3, 0.4) is 0 Å². The summed E-state index contributed by atoms with van der Waals surface area (Å²) >= 11 is 6.02. The predicted octanol–water partition coefficient (Wildman–Crippen LogP) is 3.91. The fourth-order valence-corrected chi connectivity index (χ4v) is 5.32. The molecule has 3 aromatic carbocycles. The van der Waals surface area contributed by atoms with Gasteiger partial charge in [0, 0.05) is 48.7 Å². The summed E-state index contributed by atoms with van der Waals surface area (Å²) in [4.78, 5) is 24.2. The van der Waals surface area contributed by atoms with Gasteiger partial charge in [-0.1, -0.05) is 29.8 Å². The van der Waals surface area contributed by atoms with Gasteiger partial charge in [0.05, 0.1) is 9.82 Å². The van der Waals surface area contributed by atoms with Gasteiger partial charge < -0.3 is 9.64 Å². The van der Waals surface area contributed by atoms with Crippen LogP contribution >= 0.6 is 11.6 Å². The molecule has 3 aromatic rings. The van der Waals surface area contributed by atoms with Crippen LogP contribution in [0, 0.1) is 10.1 Å². The quantitative estimate of drug-likeness (QED) is 0.418. The number of non-ortho nitro benzene ring substituents is 1. The number of benzene rings is 3. The van der Waals surface area contributed by atoms with Crippen LogP contribution in [0.5, 0.6) is 5.75 Å². The van der Waals surface area contributed by atoms with Gasteiger partial charge in [-0.3, -0.25) is 10.1 Å². The number of amides is 1. The smallest absolute Gasteiger partial charge is 0.410 e. The fraction of sp³-hybridized carbons (Fsp3) is 0.190. The largest absolute Gasteiger partial charge is 0.415 e. The molecule has 11 heteroatoms. The van der Waals surface area contributed by atoms with E-state index in [9.17, 15) is 23.3 Å². The molecule has 1 saturated heterocycles. The number of ether oxygens (including phenoxy) is 1. The Labute approximate surface area is 189 Å². The highest BCUT2D eigenvalue weighted by Gasteiger charge is 2.31. The number of fused-ring (bicyclic) bond motifs is 1. The molecule has 0 unspecified atom stereocenters. The van der Waals surface area contributed by atoms with Gasteiger partial charge in [-0.25, -0.2) is 13.2 Å². The molecule has 0 bridgehead atoms. The fourth-order valence-electron chi connectivity index (χ4n) is 3.50. The van der Waals surface area contributed by atoms with Crippen molar-refractivity contribution in [3.63, 3.8) is 0 Å². The predicted molar refractivity (Wildman–Crippen MR) is 118 cm³/mol. The maximum absolute atomic E-state index is 13.2. The second-order valence-electron chi connectivity index (χ2n) is 7.13. The summed E-state index contributed by atoms with van der Waals surface area (Å²) in [5.74, 6) is 0.171. The van der Waals surface area contributed by atoms with E-state index in [1.807, 2.05) is 0 Å². The van der Waals surface area contributed by atoms with Crippen LogP contribution in [-0.4, -0.2) is 54.8 Å². The second-order valence-corrected chi connectivity index (χ2v) is 9.47. The number of halogens is 1. The SMILES string of the molecule is O=C(Oc1ccc([N+](=O)[O-])cc1)N1CCN(S(=O)(=O)c2cccc3cc(Cl)ccc23)CC1. The maximum atomic E-state index is 13.2. The van der Waals surface area contributed by atoms with Crippen LogP contribution < -0.4 is 4.74 Å². The molecule has 0 aromatic heterocycles. The topological polar surface area (TPSA) is 110 Å². The second kappa shape index (κ2) is 8.73. The molecular formula is C21H18ClN3O6S. The summed E-state index contributed by atoms with van der Waals surface area (Å²) in [5.41, 5.74) is -0.112. The van der Waals surface area contributed by atoms with E-state index >= 15 is 0 Å². The van der Waals surface area contributed by atoms with E-state index < -0.39 is 21.0 Å². The highest BCUT2D eigenvalue weighted by molar-refractivity contribution is 7.89. The lowest BCUT2D eigenvalue weighted by Gasteiger charge is -2.33. The van der Waals surface area contributed by atoms with Gasteiger partial charge in [0.1, 0.15) is 5.75 Å². The Kier molecular flexibility index (Phi) is 6.00. The zero-order valence-corrected chi connectivity index (χ0v) is 18.3. The first-order chi connectivity index (χ1) is 15.3. The van der Waals surface area contributed by atoms with Crippen molar-refractivity contribution >= 4 is 44.2 Å². The molecule has 0 radical (unpaired) electrons. The van der Waals surface area contributed by atoms with Crippen LogP contribution in [0.1, 0.15) is 0 Å². The van der Waals surface area contributed by atoms with E-state index in [1.54, 1.807) is 36.4 Å². The van der Waals surface area contributed by atoms with E-state index in [1.165, 1.54) is 33.5 Å². The monoisotopic (exact) mass is 475 g/mol. The third kappa shape index (κ3) is 4.38. The average Bonchev–Trinajstić information content (AvgIpc) is 2.79. The standard InChI is InChI=1S/C21H18ClN3O6S/c22-16-4-9-19-15(14-16)2-1-3-20(19)32(29,30)24-12-10-23(11-13-24)21(26)31-18-7-5-17(6-8-18)25(27)28/h1-9,14H,10-13H2. The molecule has 1 heterocycles. The van der Waals surface area contributed by atoms with Crippen molar-refractivity contribution in [1.82, 2.24) is 9.21 Å². The lowest BCUT2D eigenvalue weighted by Crippen LogP contribution is -2.51. The van der Waals surface area contributed by atoms with Crippen LogP contribution in [0.15, 0.2) is 65.6 Å². The Bertz CT molecular complexity index is 1290. The first-order valence-corrected chi connectivity index (χ1v) is 11.5. The number of nitrogens with zero attached hydrogens (tertiary/aromatic N) is 3. The molecule has 166 valence electrons. The molecule has 1 aliphatic rings. The Morgan fingerprint density at radius 2 is 1.69 bits per heavy atom. The van der Waals surface area contributed by atoms with Crippen molar-refractivity contribution in [2.24, 2.45) is 0 Å². The van der Waals surface area contributed by atoms with Crippen LogP contribution in [-0.2, 0) is 10.0 Å². The Balaban J connectivity index is 1.44. The molecule has 1 fully saturated rings. The molecular weight excluding hydrogens is 458 g/mol. The summed E-state index contributed by atoms with van der Waals surface area (Å²) in [6.45, 7) is 0.534. The van der Waals surface area contributed by atoms with Gasteiger partial charge in [-0.2, -0.15) is 4.31 Å². The van der Waals surface area contributed by atoms with E-state index in [4.69, 9.17) is 16.3 Å². The summed E-state index contributed by atoms with van der Waals surface area (Å²) in [6.07, 6.45) is -0.643.